The number of anilines is 1. The van der Waals surface area contributed by atoms with Gasteiger partial charge in [0, 0.05) is 12.3 Å². The number of halogens is 1. The van der Waals surface area contributed by atoms with Gasteiger partial charge in [-0.05, 0) is 30.7 Å². The fraction of sp³-hybridized carbons (Fsp3) is 0.364. The first-order chi connectivity index (χ1) is 7.25. The summed E-state index contributed by atoms with van der Waals surface area (Å²) in [5.74, 6) is -0.439. The molecule has 1 N–H and O–H groups in total. The molecule has 1 aromatic rings. The van der Waals surface area contributed by atoms with Crippen LogP contribution in [0.2, 0.25) is 0 Å². The Kier molecular flexibility index (Phi) is 2.97. The Morgan fingerprint density at radius 3 is 2.73 bits per heavy atom. The summed E-state index contributed by atoms with van der Waals surface area (Å²) in [4.78, 5) is 11.6. The van der Waals surface area contributed by atoms with Gasteiger partial charge in [-0.15, -0.1) is 0 Å². The molecule has 3 nitrogen and oxygen atoms in total. The summed E-state index contributed by atoms with van der Waals surface area (Å²) in [6.07, 6.45) is 0.757. The van der Waals surface area contributed by atoms with Crippen LogP contribution in [-0.2, 0) is 9.53 Å². The molecule has 0 bridgehead atoms. The molecule has 0 aliphatic carbocycles. The standard InChI is InChI=1S/C11H12FNO2/c12-9-1-3-10(4-2-9)13-11(14)8-5-6-15-7-8/h1-4,8H,5-7H2,(H,13,14). The van der Waals surface area contributed by atoms with Crippen molar-refractivity contribution in [1.29, 1.82) is 0 Å². The van der Waals surface area contributed by atoms with Gasteiger partial charge in [0.25, 0.3) is 0 Å². The van der Waals surface area contributed by atoms with Crippen molar-refractivity contribution in [2.24, 2.45) is 5.92 Å². The third-order valence-corrected chi connectivity index (χ3v) is 2.41. The Balaban J connectivity index is 1.96. The second-order valence-corrected chi connectivity index (χ2v) is 3.56. The first kappa shape index (κ1) is 10.1. The van der Waals surface area contributed by atoms with Crippen molar-refractivity contribution in [3.63, 3.8) is 0 Å². The lowest BCUT2D eigenvalue weighted by molar-refractivity contribution is -0.119. The first-order valence-electron chi connectivity index (χ1n) is 4.90. The SMILES string of the molecule is O=C(Nc1ccc(F)cc1)C1CCOC1. The molecular formula is C11H12FNO2. The molecule has 1 amide bonds. The summed E-state index contributed by atoms with van der Waals surface area (Å²) in [7, 11) is 0. The molecule has 0 saturated carbocycles. The average Bonchev–Trinajstić information content (AvgIpc) is 2.74. The van der Waals surface area contributed by atoms with Gasteiger partial charge in [0.15, 0.2) is 0 Å². The lowest BCUT2D eigenvalue weighted by Crippen LogP contribution is -2.22. The second kappa shape index (κ2) is 4.40. The maximum Gasteiger partial charge on any atom is 0.229 e. The summed E-state index contributed by atoms with van der Waals surface area (Å²) >= 11 is 0. The number of nitrogens with one attached hydrogen (secondary N) is 1. The van der Waals surface area contributed by atoms with Crippen LogP contribution >= 0.6 is 0 Å². The molecule has 15 heavy (non-hydrogen) atoms. The van der Waals surface area contributed by atoms with Gasteiger partial charge in [-0.25, -0.2) is 4.39 Å². The fourth-order valence-corrected chi connectivity index (χ4v) is 1.52. The van der Waals surface area contributed by atoms with Gasteiger partial charge >= 0.3 is 0 Å². The highest BCUT2D eigenvalue weighted by Gasteiger charge is 2.23. The Morgan fingerprint density at radius 2 is 2.13 bits per heavy atom. The van der Waals surface area contributed by atoms with E-state index in [0.717, 1.165) is 6.42 Å². The van der Waals surface area contributed by atoms with Crippen LogP contribution in [0.5, 0.6) is 0 Å². The van der Waals surface area contributed by atoms with E-state index in [0.29, 0.717) is 18.9 Å². The number of hydrogen-bond acceptors (Lipinski definition) is 2. The molecule has 0 radical (unpaired) electrons. The van der Waals surface area contributed by atoms with Crippen molar-refractivity contribution >= 4 is 11.6 Å². The van der Waals surface area contributed by atoms with E-state index in [1.807, 2.05) is 0 Å². The van der Waals surface area contributed by atoms with Crippen LogP contribution in [0.25, 0.3) is 0 Å². The highest BCUT2D eigenvalue weighted by Crippen LogP contribution is 2.15. The Hall–Kier alpha value is -1.42. The minimum absolute atomic E-state index is 0.0564. The largest absolute Gasteiger partial charge is 0.381 e. The van der Waals surface area contributed by atoms with Crippen molar-refractivity contribution in [1.82, 2.24) is 0 Å². The molecule has 0 spiro atoms. The number of rotatable bonds is 2. The van der Waals surface area contributed by atoms with E-state index in [1.54, 1.807) is 12.1 Å². The molecule has 0 aromatic heterocycles. The zero-order valence-corrected chi connectivity index (χ0v) is 8.20. The molecule has 1 saturated heterocycles. The third-order valence-electron chi connectivity index (χ3n) is 2.41. The summed E-state index contributed by atoms with van der Waals surface area (Å²) < 4.78 is 17.7. The second-order valence-electron chi connectivity index (χ2n) is 3.56. The minimum atomic E-state index is -0.308. The maximum atomic E-state index is 12.6. The first-order valence-corrected chi connectivity index (χ1v) is 4.90. The molecular weight excluding hydrogens is 197 g/mol. The van der Waals surface area contributed by atoms with Gasteiger partial charge < -0.3 is 10.1 Å². The molecule has 1 aliphatic heterocycles. The van der Waals surface area contributed by atoms with E-state index in [1.165, 1.54) is 12.1 Å². The van der Waals surface area contributed by atoms with Crippen LogP contribution in [0, 0.1) is 11.7 Å². The quantitative estimate of drug-likeness (QED) is 0.806. The van der Waals surface area contributed by atoms with Crippen LogP contribution < -0.4 is 5.32 Å². The smallest absolute Gasteiger partial charge is 0.229 e. The lowest BCUT2D eigenvalue weighted by Gasteiger charge is -2.08. The number of benzene rings is 1. The maximum absolute atomic E-state index is 12.6. The van der Waals surface area contributed by atoms with Gasteiger partial charge in [-0.3, -0.25) is 4.79 Å². The summed E-state index contributed by atoms with van der Waals surface area (Å²) in [6, 6.07) is 5.73. The zero-order valence-electron chi connectivity index (χ0n) is 8.20. The van der Waals surface area contributed by atoms with E-state index in [2.05, 4.69) is 5.32 Å². The topological polar surface area (TPSA) is 38.3 Å². The normalized spacial score (nSPS) is 20.2. The molecule has 80 valence electrons. The summed E-state index contributed by atoms with van der Waals surface area (Å²) in [5, 5.41) is 2.73. The van der Waals surface area contributed by atoms with Crippen molar-refractivity contribution in [2.45, 2.75) is 6.42 Å². The molecule has 1 aromatic carbocycles. The molecule has 1 unspecified atom stereocenters. The van der Waals surface area contributed by atoms with E-state index in [9.17, 15) is 9.18 Å². The fourth-order valence-electron chi connectivity index (χ4n) is 1.52. The van der Waals surface area contributed by atoms with Crippen LogP contribution in [0.3, 0.4) is 0 Å². The Bertz CT molecular complexity index is 344. The van der Waals surface area contributed by atoms with Crippen LogP contribution in [0.4, 0.5) is 10.1 Å². The van der Waals surface area contributed by atoms with Gasteiger partial charge in [0.1, 0.15) is 5.82 Å². The third kappa shape index (κ3) is 2.53. The van der Waals surface area contributed by atoms with E-state index in [-0.39, 0.29) is 17.6 Å². The molecule has 2 rings (SSSR count). The number of carbonyl (C=O) groups is 1. The highest BCUT2D eigenvalue weighted by atomic mass is 19.1. The predicted molar refractivity (Wildman–Crippen MR) is 54.0 cm³/mol. The van der Waals surface area contributed by atoms with Crippen LogP contribution in [0.15, 0.2) is 24.3 Å². The average molecular weight is 209 g/mol. The van der Waals surface area contributed by atoms with Crippen LogP contribution in [0.1, 0.15) is 6.42 Å². The lowest BCUT2D eigenvalue weighted by atomic mass is 10.1. The van der Waals surface area contributed by atoms with Gasteiger partial charge in [-0.2, -0.15) is 0 Å². The molecule has 1 heterocycles. The van der Waals surface area contributed by atoms with Gasteiger partial charge in [0.05, 0.1) is 12.5 Å². The van der Waals surface area contributed by atoms with Gasteiger partial charge in [-0.1, -0.05) is 0 Å². The van der Waals surface area contributed by atoms with E-state index < -0.39 is 0 Å². The number of ether oxygens (including phenoxy) is 1. The summed E-state index contributed by atoms with van der Waals surface area (Å²) in [6.45, 7) is 1.12. The Labute approximate surface area is 87.2 Å². The van der Waals surface area contributed by atoms with Crippen molar-refractivity contribution in [2.75, 3.05) is 18.5 Å². The molecule has 1 aliphatic rings. The van der Waals surface area contributed by atoms with E-state index >= 15 is 0 Å². The van der Waals surface area contributed by atoms with Crippen molar-refractivity contribution in [3.8, 4) is 0 Å². The minimum Gasteiger partial charge on any atom is -0.381 e. The molecule has 1 fully saturated rings. The van der Waals surface area contributed by atoms with Crippen molar-refractivity contribution < 1.29 is 13.9 Å². The van der Waals surface area contributed by atoms with E-state index in [4.69, 9.17) is 4.74 Å². The zero-order chi connectivity index (χ0) is 10.7. The summed E-state index contributed by atoms with van der Waals surface area (Å²) in [5.41, 5.74) is 0.619. The Morgan fingerprint density at radius 1 is 1.40 bits per heavy atom. The number of carbonyl (C=O) groups excluding carboxylic acids is 1. The van der Waals surface area contributed by atoms with Crippen LogP contribution in [-0.4, -0.2) is 19.1 Å². The molecule has 1 atom stereocenters. The monoisotopic (exact) mass is 209 g/mol. The predicted octanol–water partition coefficient (Wildman–Crippen LogP) is 1.80. The highest BCUT2D eigenvalue weighted by molar-refractivity contribution is 5.92. The molecule has 4 heteroatoms. The van der Waals surface area contributed by atoms with Gasteiger partial charge in [0.2, 0.25) is 5.91 Å². The van der Waals surface area contributed by atoms with Crippen molar-refractivity contribution in [3.05, 3.63) is 30.1 Å². The number of amides is 1. The number of hydrogen-bond donors (Lipinski definition) is 1.